The first-order chi connectivity index (χ1) is 15.1. The van der Waals surface area contributed by atoms with Gasteiger partial charge in [-0.1, -0.05) is 66.2 Å². The zero-order chi connectivity index (χ0) is 21.6. The van der Waals surface area contributed by atoms with Crippen LogP contribution in [0.2, 0.25) is 5.02 Å². The molecule has 0 atom stereocenters. The Morgan fingerprint density at radius 1 is 0.774 bits per heavy atom. The lowest BCUT2D eigenvalue weighted by molar-refractivity contribution is 0.0953. The van der Waals surface area contributed by atoms with Crippen molar-refractivity contribution >= 4 is 46.1 Å². The Labute approximate surface area is 184 Å². The summed E-state index contributed by atoms with van der Waals surface area (Å²) >= 11 is 6.07. The van der Waals surface area contributed by atoms with Gasteiger partial charge in [0.05, 0.1) is 16.8 Å². The molecule has 152 valence electrons. The van der Waals surface area contributed by atoms with E-state index in [2.05, 4.69) is 15.8 Å². The highest BCUT2D eigenvalue weighted by Crippen LogP contribution is 2.18. The molecule has 2 N–H and O–H groups in total. The van der Waals surface area contributed by atoms with Gasteiger partial charge in [0.2, 0.25) is 0 Å². The molecule has 5 nitrogen and oxygen atoms in total. The molecule has 0 unspecified atom stereocenters. The van der Waals surface area contributed by atoms with E-state index in [4.69, 9.17) is 11.6 Å². The van der Waals surface area contributed by atoms with Crippen molar-refractivity contribution in [1.29, 1.82) is 0 Å². The Bertz CT molecular complexity index is 1300. The third kappa shape index (κ3) is 4.97. The molecule has 0 aliphatic heterocycles. The maximum absolute atomic E-state index is 12.5. The van der Waals surface area contributed by atoms with Crippen LogP contribution in [0.4, 0.5) is 5.69 Å². The van der Waals surface area contributed by atoms with Crippen molar-refractivity contribution in [3.63, 3.8) is 0 Å². The van der Waals surface area contributed by atoms with E-state index in [1.54, 1.807) is 54.7 Å². The molecule has 6 heteroatoms. The van der Waals surface area contributed by atoms with E-state index in [0.717, 1.165) is 16.3 Å². The van der Waals surface area contributed by atoms with Crippen molar-refractivity contribution in [1.82, 2.24) is 5.43 Å². The second kappa shape index (κ2) is 9.24. The predicted molar refractivity (Wildman–Crippen MR) is 125 cm³/mol. The third-order valence-electron chi connectivity index (χ3n) is 4.65. The van der Waals surface area contributed by atoms with Crippen LogP contribution in [0, 0.1) is 0 Å². The molecule has 4 aromatic rings. The molecule has 0 heterocycles. The average molecular weight is 428 g/mol. The van der Waals surface area contributed by atoms with Crippen LogP contribution in [0.25, 0.3) is 10.8 Å². The Balaban J connectivity index is 1.42. The Kier molecular flexibility index (Phi) is 6.05. The summed E-state index contributed by atoms with van der Waals surface area (Å²) in [6.45, 7) is 0. The molecular weight excluding hydrogens is 410 g/mol. The van der Waals surface area contributed by atoms with Crippen molar-refractivity contribution < 1.29 is 9.59 Å². The number of carbonyl (C=O) groups is 2. The normalized spacial score (nSPS) is 10.9. The molecule has 0 saturated heterocycles. The topological polar surface area (TPSA) is 70.6 Å². The number of halogens is 1. The van der Waals surface area contributed by atoms with E-state index in [1.165, 1.54) is 0 Å². The number of hydrazone groups is 1. The van der Waals surface area contributed by atoms with Gasteiger partial charge in [0.25, 0.3) is 11.8 Å². The molecule has 0 aliphatic rings. The Hall–Kier alpha value is -3.96. The number of hydrogen-bond acceptors (Lipinski definition) is 3. The van der Waals surface area contributed by atoms with Gasteiger partial charge in [-0.15, -0.1) is 0 Å². The molecule has 0 bridgehead atoms. The highest BCUT2D eigenvalue weighted by atomic mass is 35.5. The SMILES string of the molecule is O=C(NN=Cc1ccc2ccccc2c1)c1cccc(NC(=O)c2ccccc2Cl)c1. The molecule has 0 spiro atoms. The number of rotatable bonds is 5. The van der Waals surface area contributed by atoms with Crippen molar-refractivity contribution in [2.24, 2.45) is 5.10 Å². The predicted octanol–water partition coefficient (Wildman–Crippen LogP) is 5.51. The van der Waals surface area contributed by atoms with Gasteiger partial charge < -0.3 is 5.32 Å². The maximum atomic E-state index is 12.5. The number of amides is 2. The molecule has 0 radical (unpaired) electrons. The maximum Gasteiger partial charge on any atom is 0.271 e. The Morgan fingerprint density at radius 3 is 2.39 bits per heavy atom. The van der Waals surface area contributed by atoms with Crippen LogP contribution in [-0.4, -0.2) is 18.0 Å². The van der Waals surface area contributed by atoms with Gasteiger partial charge in [-0.25, -0.2) is 5.43 Å². The fourth-order valence-corrected chi connectivity index (χ4v) is 3.32. The van der Waals surface area contributed by atoms with Gasteiger partial charge in [0, 0.05) is 11.3 Å². The van der Waals surface area contributed by atoms with Gasteiger partial charge in [-0.3, -0.25) is 9.59 Å². The van der Waals surface area contributed by atoms with Crippen molar-refractivity contribution in [3.05, 3.63) is 113 Å². The molecule has 31 heavy (non-hydrogen) atoms. The van der Waals surface area contributed by atoms with Crippen molar-refractivity contribution in [3.8, 4) is 0 Å². The van der Waals surface area contributed by atoms with Crippen LogP contribution in [0.15, 0.2) is 96.1 Å². The minimum Gasteiger partial charge on any atom is -0.322 e. The standard InChI is InChI=1S/C25H18ClN3O2/c26-23-11-4-3-10-22(23)25(31)28-21-9-5-8-20(15-21)24(30)29-27-16-17-12-13-18-6-1-2-7-19(18)14-17/h1-16H,(H,28,31)(H,29,30). The largest absolute Gasteiger partial charge is 0.322 e. The Morgan fingerprint density at radius 2 is 1.55 bits per heavy atom. The lowest BCUT2D eigenvalue weighted by Gasteiger charge is -2.08. The zero-order valence-corrected chi connectivity index (χ0v) is 17.1. The van der Waals surface area contributed by atoms with Crippen molar-refractivity contribution in [2.75, 3.05) is 5.32 Å². The number of carbonyl (C=O) groups excluding carboxylic acids is 2. The summed E-state index contributed by atoms with van der Waals surface area (Å²) in [4.78, 5) is 24.9. The molecular formula is C25H18ClN3O2. The lowest BCUT2D eigenvalue weighted by atomic mass is 10.1. The smallest absolute Gasteiger partial charge is 0.271 e. The van der Waals surface area contributed by atoms with Crippen LogP contribution in [0.3, 0.4) is 0 Å². The van der Waals surface area contributed by atoms with E-state index in [9.17, 15) is 9.59 Å². The molecule has 0 aromatic heterocycles. The first kappa shape index (κ1) is 20.3. The van der Waals surface area contributed by atoms with E-state index in [0.29, 0.717) is 21.8 Å². The van der Waals surface area contributed by atoms with Crippen LogP contribution in [0.5, 0.6) is 0 Å². The summed E-state index contributed by atoms with van der Waals surface area (Å²) in [6, 6.07) is 27.3. The van der Waals surface area contributed by atoms with Gasteiger partial charge in [-0.05, 0) is 52.7 Å². The van der Waals surface area contributed by atoms with Gasteiger partial charge in [0.1, 0.15) is 0 Å². The summed E-state index contributed by atoms with van der Waals surface area (Å²) < 4.78 is 0. The summed E-state index contributed by atoms with van der Waals surface area (Å²) in [5, 5.41) is 9.39. The van der Waals surface area contributed by atoms with Crippen LogP contribution >= 0.6 is 11.6 Å². The highest BCUT2D eigenvalue weighted by Gasteiger charge is 2.11. The van der Waals surface area contributed by atoms with Gasteiger partial charge >= 0.3 is 0 Å². The molecule has 0 fully saturated rings. The number of nitrogens with zero attached hydrogens (tertiary/aromatic N) is 1. The number of anilines is 1. The fourth-order valence-electron chi connectivity index (χ4n) is 3.10. The number of nitrogens with one attached hydrogen (secondary N) is 2. The second-order valence-electron chi connectivity index (χ2n) is 6.82. The van der Waals surface area contributed by atoms with E-state index >= 15 is 0 Å². The first-order valence-electron chi connectivity index (χ1n) is 9.58. The van der Waals surface area contributed by atoms with Crippen LogP contribution < -0.4 is 10.7 Å². The third-order valence-corrected chi connectivity index (χ3v) is 4.98. The summed E-state index contributed by atoms with van der Waals surface area (Å²) in [6.07, 6.45) is 1.59. The minimum absolute atomic E-state index is 0.350. The minimum atomic E-state index is -0.383. The van der Waals surface area contributed by atoms with Gasteiger partial charge in [0.15, 0.2) is 0 Å². The molecule has 4 rings (SSSR count). The summed E-state index contributed by atoms with van der Waals surface area (Å²) in [5.41, 5.74) is 4.60. The number of benzene rings is 4. The zero-order valence-electron chi connectivity index (χ0n) is 16.4. The summed E-state index contributed by atoms with van der Waals surface area (Å²) in [7, 11) is 0. The molecule has 0 aliphatic carbocycles. The monoisotopic (exact) mass is 427 g/mol. The molecule has 0 saturated carbocycles. The van der Waals surface area contributed by atoms with E-state index in [-0.39, 0.29) is 11.8 Å². The van der Waals surface area contributed by atoms with Crippen LogP contribution in [0.1, 0.15) is 26.3 Å². The number of hydrogen-bond donors (Lipinski definition) is 2. The first-order valence-corrected chi connectivity index (χ1v) is 9.96. The molecule has 2 amide bonds. The van der Waals surface area contributed by atoms with E-state index in [1.807, 2.05) is 42.5 Å². The number of fused-ring (bicyclic) bond motifs is 1. The average Bonchev–Trinajstić information content (AvgIpc) is 2.79. The van der Waals surface area contributed by atoms with Gasteiger partial charge in [-0.2, -0.15) is 5.10 Å². The molecule has 4 aromatic carbocycles. The van der Waals surface area contributed by atoms with E-state index < -0.39 is 0 Å². The van der Waals surface area contributed by atoms with Crippen LogP contribution in [-0.2, 0) is 0 Å². The van der Waals surface area contributed by atoms with Crippen molar-refractivity contribution in [2.45, 2.75) is 0 Å². The lowest BCUT2D eigenvalue weighted by Crippen LogP contribution is -2.18. The fraction of sp³-hybridized carbons (Fsp3) is 0. The second-order valence-corrected chi connectivity index (χ2v) is 7.23. The highest BCUT2D eigenvalue weighted by molar-refractivity contribution is 6.34. The quantitative estimate of drug-likeness (QED) is 0.325. The summed E-state index contributed by atoms with van der Waals surface area (Å²) in [5.74, 6) is -0.733.